The first-order valence-electron chi connectivity index (χ1n) is 5.45. The molecule has 0 radical (unpaired) electrons. The number of benzene rings is 1. The van der Waals surface area contributed by atoms with Crippen LogP contribution in [0, 0.1) is 6.92 Å². The maximum Gasteiger partial charge on any atom is 0.241 e. The number of primary sulfonamides is 1. The van der Waals surface area contributed by atoms with Crippen LogP contribution in [-0.4, -0.2) is 15.5 Å². The zero-order valence-electron chi connectivity index (χ0n) is 10.5. The lowest BCUT2D eigenvalue weighted by Crippen LogP contribution is -2.20. The molecule has 0 unspecified atom stereocenters. The van der Waals surface area contributed by atoms with Gasteiger partial charge in [-0.25, -0.2) is 18.6 Å². The fourth-order valence-electron chi connectivity index (χ4n) is 1.78. The molecular formula is C12H14N2O3S2. The molecule has 0 aliphatic heterocycles. The summed E-state index contributed by atoms with van der Waals surface area (Å²) in [6, 6.07) is 9.21. The minimum absolute atomic E-state index is 0.100. The van der Waals surface area contributed by atoms with Crippen LogP contribution >= 0.6 is 11.3 Å². The zero-order valence-corrected chi connectivity index (χ0v) is 12.2. The molecular weight excluding hydrogens is 284 g/mol. The smallest absolute Gasteiger partial charge is 0.241 e. The molecule has 2 rings (SSSR count). The number of sulfonamides is 1. The third-order valence-corrected chi connectivity index (χ3v) is 4.82. The summed E-state index contributed by atoms with van der Waals surface area (Å²) in [5.74, 6) is 0. The van der Waals surface area contributed by atoms with E-state index in [1.54, 1.807) is 12.3 Å². The molecule has 5 nitrogen and oxygen atoms in total. The van der Waals surface area contributed by atoms with Crippen molar-refractivity contribution in [2.24, 2.45) is 5.14 Å². The van der Waals surface area contributed by atoms with Crippen molar-refractivity contribution in [3.63, 3.8) is 0 Å². The number of nitrogens with zero attached hydrogens (tertiary/aromatic N) is 1. The Morgan fingerprint density at radius 3 is 2.42 bits per heavy atom. The molecule has 0 saturated heterocycles. The van der Waals surface area contributed by atoms with Crippen molar-refractivity contribution < 1.29 is 13.3 Å². The van der Waals surface area contributed by atoms with Gasteiger partial charge in [0.05, 0.1) is 12.8 Å². The fraction of sp³-hybridized carbons (Fsp3) is 0.167. The average Bonchev–Trinajstić information content (AvgIpc) is 2.73. The van der Waals surface area contributed by atoms with E-state index in [0.29, 0.717) is 10.6 Å². The van der Waals surface area contributed by atoms with E-state index < -0.39 is 10.0 Å². The standard InChI is InChI=1S/C12H14N2O3S2/c1-9-8-18-12(11(9)19(13,15)16)14(17-2)10-6-4-3-5-7-10/h3-8H,1-2H3,(H2,13,15,16). The fourth-order valence-corrected chi connectivity index (χ4v) is 4.13. The Morgan fingerprint density at radius 2 is 1.89 bits per heavy atom. The summed E-state index contributed by atoms with van der Waals surface area (Å²) >= 11 is 1.27. The lowest BCUT2D eigenvalue weighted by Gasteiger charge is -2.21. The second-order valence-electron chi connectivity index (χ2n) is 3.91. The molecule has 0 aliphatic rings. The summed E-state index contributed by atoms with van der Waals surface area (Å²) in [4.78, 5) is 5.40. The van der Waals surface area contributed by atoms with Crippen molar-refractivity contribution >= 4 is 32.0 Å². The van der Waals surface area contributed by atoms with Crippen LogP contribution < -0.4 is 10.2 Å². The highest BCUT2D eigenvalue weighted by atomic mass is 32.2. The molecule has 0 saturated carbocycles. The highest BCUT2D eigenvalue weighted by molar-refractivity contribution is 7.89. The van der Waals surface area contributed by atoms with Crippen molar-refractivity contribution in [2.45, 2.75) is 11.8 Å². The molecule has 2 aromatic rings. The van der Waals surface area contributed by atoms with Crippen molar-refractivity contribution in [1.82, 2.24) is 0 Å². The molecule has 0 amide bonds. The lowest BCUT2D eigenvalue weighted by atomic mass is 10.3. The second kappa shape index (κ2) is 5.30. The number of para-hydroxylation sites is 1. The van der Waals surface area contributed by atoms with Crippen LogP contribution in [0.25, 0.3) is 0 Å². The Balaban J connectivity index is 2.58. The van der Waals surface area contributed by atoms with Crippen LogP contribution in [0.15, 0.2) is 40.6 Å². The molecule has 0 bridgehead atoms. The van der Waals surface area contributed by atoms with E-state index in [1.165, 1.54) is 23.5 Å². The topological polar surface area (TPSA) is 72.6 Å². The lowest BCUT2D eigenvalue weighted by molar-refractivity contribution is 0.202. The van der Waals surface area contributed by atoms with Gasteiger partial charge in [0.1, 0.15) is 9.90 Å². The van der Waals surface area contributed by atoms with E-state index in [0.717, 1.165) is 5.69 Å². The van der Waals surface area contributed by atoms with Gasteiger partial charge in [-0.3, -0.25) is 4.84 Å². The van der Waals surface area contributed by atoms with E-state index >= 15 is 0 Å². The summed E-state index contributed by atoms with van der Waals surface area (Å²) in [7, 11) is -2.31. The van der Waals surface area contributed by atoms with Gasteiger partial charge >= 0.3 is 0 Å². The average molecular weight is 298 g/mol. The van der Waals surface area contributed by atoms with Crippen molar-refractivity contribution in [1.29, 1.82) is 0 Å². The molecule has 1 aromatic heterocycles. The molecule has 0 spiro atoms. The number of hydrogen-bond donors (Lipinski definition) is 1. The maximum atomic E-state index is 11.7. The first kappa shape index (κ1) is 14.0. The number of rotatable bonds is 4. The molecule has 19 heavy (non-hydrogen) atoms. The van der Waals surface area contributed by atoms with E-state index in [-0.39, 0.29) is 4.90 Å². The molecule has 0 aliphatic carbocycles. The van der Waals surface area contributed by atoms with Crippen LogP contribution in [0.4, 0.5) is 10.7 Å². The number of nitrogens with two attached hydrogens (primary N) is 1. The van der Waals surface area contributed by atoms with Crippen LogP contribution in [0.2, 0.25) is 0 Å². The van der Waals surface area contributed by atoms with Crippen LogP contribution in [-0.2, 0) is 14.9 Å². The molecule has 0 fully saturated rings. The third-order valence-electron chi connectivity index (χ3n) is 2.54. The van der Waals surface area contributed by atoms with Gasteiger partial charge in [-0.2, -0.15) is 0 Å². The largest absolute Gasteiger partial charge is 0.271 e. The number of hydrogen-bond acceptors (Lipinski definition) is 5. The highest BCUT2D eigenvalue weighted by Crippen LogP contribution is 2.38. The summed E-state index contributed by atoms with van der Waals surface area (Å²) < 4.78 is 23.4. The van der Waals surface area contributed by atoms with Crippen molar-refractivity contribution in [3.8, 4) is 0 Å². The predicted octanol–water partition coefficient (Wildman–Crippen LogP) is 2.40. The summed E-state index contributed by atoms with van der Waals surface area (Å²) in [6.07, 6.45) is 0. The van der Waals surface area contributed by atoms with Gasteiger partial charge in [-0.15, -0.1) is 11.3 Å². The SMILES string of the molecule is CON(c1ccccc1)c1scc(C)c1S(N)(=O)=O. The summed E-state index contributed by atoms with van der Waals surface area (Å²) in [6.45, 7) is 1.71. The Labute approximate surface area is 116 Å². The van der Waals surface area contributed by atoms with Crippen LogP contribution in [0.3, 0.4) is 0 Å². The van der Waals surface area contributed by atoms with Crippen LogP contribution in [0.5, 0.6) is 0 Å². The summed E-state index contributed by atoms with van der Waals surface area (Å²) in [5, 5.41) is 8.92. The van der Waals surface area contributed by atoms with Gasteiger partial charge < -0.3 is 0 Å². The van der Waals surface area contributed by atoms with Gasteiger partial charge in [-0.05, 0) is 30.0 Å². The number of aryl methyl sites for hydroxylation is 1. The highest BCUT2D eigenvalue weighted by Gasteiger charge is 2.24. The van der Waals surface area contributed by atoms with Crippen molar-refractivity contribution in [2.75, 3.05) is 12.2 Å². The Bertz CT molecular complexity index is 666. The minimum atomic E-state index is -3.80. The van der Waals surface area contributed by atoms with Crippen molar-refractivity contribution in [3.05, 3.63) is 41.3 Å². The molecule has 0 atom stereocenters. The number of thiophene rings is 1. The molecule has 102 valence electrons. The molecule has 1 heterocycles. The van der Waals surface area contributed by atoms with Gasteiger partial charge in [0, 0.05) is 0 Å². The Kier molecular flexibility index (Phi) is 3.91. The van der Waals surface area contributed by atoms with Gasteiger partial charge in [0.15, 0.2) is 0 Å². The normalized spacial score (nSPS) is 11.5. The summed E-state index contributed by atoms with van der Waals surface area (Å²) in [5.41, 5.74) is 1.34. The van der Waals surface area contributed by atoms with E-state index in [9.17, 15) is 8.42 Å². The van der Waals surface area contributed by atoms with E-state index in [2.05, 4.69) is 0 Å². The Morgan fingerprint density at radius 1 is 1.26 bits per heavy atom. The Hall–Kier alpha value is -1.41. The molecule has 2 N–H and O–H groups in total. The molecule has 7 heteroatoms. The third kappa shape index (κ3) is 2.79. The molecule has 1 aromatic carbocycles. The number of anilines is 2. The van der Waals surface area contributed by atoms with E-state index in [1.807, 2.05) is 30.3 Å². The first-order chi connectivity index (χ1) is 8.95. The quantitative estimate of drug-likeness (QED) is 0.880. The second-order valence-corrected chi connectivity index (χ2v) is 6.27. The zero-order chi connectivity index (χ0) is 14.0. The van der Waals surface area contributed by atoms with Crippen LogP contribution in [0.1, 0.15) is 5.56 Å². The minimum Gasteiger partial charge on any atom is -0.271 e. The van der Waals surface area contributed by atoms with Gasteiger partial charge in [0.2, 0.25) is 10.0 Å². The monoisotopic (exact) mass is 298 g/mol. The first-order valence-corrected chi connectivity index (χ1v) is 7.88. The maximum absolute atomic E-state index is 11.7. The van der Waals surface area contributed by atoms with Gasteiger partial charge in [0.25, 0.3) is 0 Å². The van der Waals surface area contributed by atoms with Gasteiger partial charge in [-0.1, -0.05) is 18.2 Å². The predicted molar refractivity (Wildman–Crippen MR) is 76.0 cm³/mol. The van der Waals surface area contributed by atoms with E-state index in [4.69, 9.17) is 9.98 Å².